The molecule has 1 aromatic rings. The van der Waals surface area contributed by atoms with Crippen LogP contribution in [0.25, 0.3) is 0 Å². The minimum absolute atomic E-state index is 0.0398. The normalized spacial score (nSPS) is 14.5. The van der Waals surface area contributed by atoms with Crippen molar-refractivity contribution in [2.24, 2.45) is 0 Å². The lowest BCUT2D eigenvalue weighted by molar-refractivity contribution is 0.124. The van der Waals surface area contributed by atoms with Crippen molar-refractivity contribution in [1.29, 1.82) is 0 Å². The van der Waals surface area contributed by atoms with Crippen molar-refractivity contribution in [3.63, 3.8) is 0 Å². The summed E-state index contributed by atoms with van der Waals surface area (Å²) in [6.07, 6.45) is 1.09. The second kappa shape index (κ2) is 7.52. The molecule has 0 amide bonds. The van der Waals surface area contributed by atoms with Crippen molar-refractivity contribution in [3.05, 3.63) is 34.9 Å². The molecule has 0 spiro atoms. The Bertz CT molecular complexity index is 366. The van der Waals surface area contributed by atoms with Gasteiger partial charge in [-0.1, -0.05) is 30.7 Å². The van der Waals surface area contributed by atoms with E-state index in [4.69, 9.17) is 5.11 Å². The van der Waals surface area contributed by atoms with Gasteiger partial charge in [0.15, 0.2) is 0 Å². The van der Waals surface area contributed by atoms with Gasteiger partial charge in [0.2, 0.25) is 0 Å². The number of aliphatic hydroxyl groups is 2. The van der Waals surface area contributed by atoms with E-state index >= 15 is 0 Å². The molecular weight excluding hydrogens is 226 g/mol. The number of aryl methyl sites for hydroxylation is 2. The summed E-state index contributed by atoms with van der Waals surface area (Å²) in [7, 11) is 0. The number of nitrogens with one attached hydrogen (secondary N) is 1. The molecular formula is C15H25NO2. The fourth-order valence-corrected chi connectivity index (χ4v) is 2.22. The van der Waals surface area contributed by atoms with Crippen molar-refractivity contribution in [3.8, 4) is 0 Å². The van der Waals surface area contributed by atoms with E-state index in [1.54, 1.807) is 0 Å². The average Bonchev–Trinajstić information content (AvgIpc) is 2.34. The predicted octanol–water partition coefficient (Wildman–Crippen LogP) is 2.09. The minimum Gasteiger partial charge on any atom is -0.396 e. The third kappa shape index (κ3) is 4.09. The summed E-state index contributed by atoms with van der Waals surface area (Å²) in [5.74, 6) is 0. The van der Waals surface area contributed by atoms with E-state index in [0.717, 1.165) is 30.5 Å². The molecule has 3 heteroatoms. The van der Waals surface area contributed by atoms with Gasteiger partial charge in [0.25, 0.3) is 0 Å². The Balaban J connectivity index is 2.73. The maximum absolute atomic E-state index is 10.4. The first-order valence-corrected chi connectivity index (χ1v) is 6.69. The Kier molecular flexibility index (Phi) is 6.33. The van der Waals surface area contributed by atoms with E-state index in [-0.39, 0.29) is 12.6 Å². The van der Waals surface area contributed by atoms with Crippen LogP contribution in [0, 0.1) is 13.8 Å². The van der Waals surface area contributed by atoms with Crippen LogP contribution in [0.1, 0.15) is 42.6 Å². The van der Waals surface area contributed by atoms with E-state index in [9.17, 15) is 5.11 Å². The average molecular weight is 251 g/mol. The third-order valence-corrected chi connectivity index (χ3v) is 3.31. The molecule has 0 saturated heterocycles. The summed E-state index contributed by atoms with van der Waals surface area (Å²) >= 11 is 0. The topological polar surface area (TPSA) is 52.5 Å². The first kappa shape index (κ1) is 15.2. The van der Waals surface area contributed by atoms with E-state index in [2.05, 4.69) is 25.2 Å². The number of rotatable bonds is 7. The fourth-order valence-electron chi connectivity index (χ4n) is 2.22. The molecule has 0 aromatic heterocycles. The third-order valence-electron chi connectivity index (χ3n) is 3.31. The molecule has 0 aliphatic rings. The van der Waals surface area contributed by atoms with E-state index < -0.39 is 6.10 Å². The number of aliphatic hydroxyl groups excluding tert-OH is 2. The van der Waals surface area contributed by atoms with Gasteiger partial charge in [0, 0.05) is 12.6 Å². The lowest BCUT2D eigenvalue weighted by atomic mass is 9.95. The summed E-state index contributed by atoms with van der Waals surface area (Å²) in [4.78, 5) is 0. The smallest absolute Gasteiger partial charge is 0.0945 e. The minimum atomic E-state index is -0.491. The van der Waals surface area contributed by atoms with Crippen LogP contribution in [-0.4, -0.2) is 29.4 Å². The van der Waals surface area contributed by atoms with Gasteiger partial charge in [-0.2, -0.15) is 0 Å². The quantitative estimate of drug-likeness (QED) is 0.650. The zero-order chi connectivity index (χ0) is 13.5. The van der Waals surface area contributed by atoms with Crippen molar-refractivity contribution >= 4 is 0 Å². The van der Waals surface area contributed by atoms with Crippen LogP contribution in [0.5, 0.6) is 0 Å². The molecule has 3 N–H and O–H groups in total. The first-order valence-electron chi connectivity index (χ1n) is 6.69. The zero-order valence-electron chi connectivity index (χ0n) is 11.6. The highest BCUT2D eigenvalue weighted by molar-refractivity contribution is 5.32. The second-order valence-electron chi connectivity index (χ2n) is 4.85. The highest BCUT2D eigenvalue weighted by atomic mass is 16.3. The lowest BCUT2D eigenvalue weighted by Gasteiger charge is -2.24. The molecule has 18 heavy (non-hydrogen) atoms. The van der Waals surface area contributed by atoms with Crippen LogP contribution in [0.2, 0.25) is 0 Å². The Hall–Kier alpha value is -0.900. The van der Waals surface area contributed by atoms with E-state index in [1.807, 2.05) is 19.1 Å². The van der Waals surface area contributed by atoms with Gasteiger partial charge < -0.3 is 15.5 Å². The van der Waals surface area contributed by atoms with Crippen molar-refractivity contribution in [2.75, 3.05) is 13.2 Å². The molecule has 2 atom stereocenters. The van der Waals surface area contributed by atoms with Crippen LogP contribution in [0.3, 0.4) is 0 Å². The molecule has 0 radical (unpaired) electrons. The molecule has 0 aliphatic carbocycles. The molecule has 0 heterocycles. The van der Waals surface area contributed by atoms with Gasteiger partial charge in [0.1, 0.15) is 0 Å². The van der Waals surface area contributed by atoms with Crippen LogP contribution in [-0.2, 0) is 0 Å². The monoisotopic (exact) mass is 251 g/mol. The number of hydrogen-bond acceptors (Lipinski definition) is 3. The number of benzene rings is 1. The lowest BCUT2D eigenvalue weighted by Crippen LogP contribution is -2.35. The van der Waals surface area contributed by atoms with Gasteiger partial charge >= 0.3 is 0 Å². The second-order valence-corrected chi connectivity index (χ2v) is 4.85. The Labute approximate surface area is 110 Å². The molecule has 102 valence electrons. The maximum Gasteiger partial charge on any atom is 0.0945 e. The summed E-state index contributed by atoms with van der Waals surface area (Å²) in [6.45, 7) is 7.06. The summed E-state index contributed by atoms with van der Waals surface area (Å²) in [6, 6.07) is 6.18. The Morgan fingerprint density at radius 3 is 2.56 bits per heavy atom. The van der Waals surface area contributed by atoms with Crippen molar-refractivity contribution in [2.45, 2.75) is 45.8 Å². The van der Waals surface area contributed by atoms with Crippen molar-refractivity contribution < 1.29 is 10.2 Å². The Morgan fingerprint density at radius 1 is 1.28 bits per heavy atom. The van der Waals surface area contributed by atoms with Crippen LogP contribution < -0.4 is 5.32 Å². The largest absolute Gasteiger partial charge is 0.396 e. The van der Waals surface area contributed by atoms with Crippen LogP contribution in [0.15, 0.2) is 18.2 Å². The molecule has 0 aliphatic heterocycles. The zero-order valence-corrected chi connectivity index (χ0v) is 11.6. The van der Waals surface area contributed by atoms with Crippen LogP contribution in [0.4, 0.5) is 0 Å². The first-order chi connectivity index (χ1) is 8.60. The fraction of sp³-hybridized carbons (Fsp3) is 0.600. The highest BCUT2D eigenvalue weighted by Crippen LogP contribution is 2.23. The predicted molar refractivity (Wildman–Crippen MR) is 74.7 cm³/mol. The molecule has 2 unspecified atom stereocenters. The van der Waals surface area contributed by atoms with E-state index in [1.165, 1.54) is 5.56 Å². The molecule has 0 saturated carbocycles. The molecule has 1 aromatic carbocycles. The maximum atomic E-state index is 10.4. The van der Waals surface area contributed by atoms with E-state index in [0.29, 0.717) is 0 Å². The van der Waals surface area contributed by atoms with Gasteiger partial charge in [0.05, 0.1) is 6.10 Å². The van der Waals surface area contributed by atoms with Gasteiger partial charge in [-0.25, -0.2) is 0 Å². The SMILES string of the molecule is CCC(NCCCO)C(O)c1ccc(C)cc1C. The molecule has 0 bridgehead atoms. The molecule has 3 nitrogen and oxygen atoms in total. The highest BCUT2D eigenvalue weighted by Gasteiger charge is 2.19. The van der Waals surface area contributed by atoms with Crippen molar-refractivity contribution in [1.82, 2.24) is 5.32 Å². The summed E-state index contributed by atoms with van der Waals surface area (Å²) in [5, 5.41) is 22.5. The summed E-state index contributed by atoms with van der Waals surface area (Å²) < 4.78 is 0. The van der Waals surface area contributed by atoms with Gasteiger partial charge in [-0.15, -0.1) is 0 Å². The Morgan fingerprint density at radius 2 is 2.00 bits per heavy atom. The van der Waals surface area contributed by atoms with Crippen LogP contribution >= 0.6 is 0 Å². The van der Waals surface area contributed by atoms with Gasteiger partial charge in [-0.3, -0.25) is 0 Å². The van der Waals surface area contributed by atoms with Gasteiger partial charge in [-0.05, 0) is 44.4 Å². The molecule has 0 fully saturated rings. The molecule has 1 rings (SSSR count). The standard InChI is InChI=1S/C15H25NO2/c1-4-14(16-8-5-9-17)15(18)13-7-6-11(2)10-12(13)3/h6-7,10,14-18H,4-5,8-9H2,1-3H3. The number of hydrogen-bond donors (Lipinski definition) is 3. The summed E-state index contributed by atoms with van der Waals surface area (Å²) in [5.41, 5.74) is 3.33.